The van der Waals surface area contributed by atoms with Crippen LogP contribution in [0, 0.1) is 22.7 Å². The Labute approximate surface area is 214 Å². The smallest absolute Gasteiger partial charge is 0.326 e. The van der Waals surface area contributed by atoms with E-state index in [9.17, 15) is 14.4 Å². The van der Waals surface area contributed by atoms with Crippen molar-refractivity contribution in [2.45, 2.75) is 70.4 Å². The van der Waals surface area contributed by atoms with Crippen LogP contribution in [-0.2, 0) is 25.5 Å². The minimum Gasteiger partial charge on any atom is -0.468 e. The molecular formula is C31H37NO4. The molecule has 1 aliphatic heterocycles. The van der Waals surface area contributed by atoms with Crippen molar-refractivity contribution in [2.75, 3.05) is 7.11 Å². The summed E-state index contributed by atoms with van der Waals surface area (Å²) < 4.78 is 5.48. The molecule has 0 amide bonds. The van der Waals surface area contributed by atoms with Crippen LogP contribution in [0.1, 0.15) is 69.5 Å². The Kier molecular flexibility index (Phi) is 6.40. The molecule has 3 aliphatic rings. The van der Waals surface area contributed by atoms with E-state index in [1.165, 1.54) is 7.11 Å². The molecule has 2 aliphatic carbocycles. The Bertz CT molecular complexity index is 1140. The molecule has 190 valence electrons. The SMILES string of the molecule is COC(=O)[C@@]1(Cc2ccccc2)N[C@@H](c2ccccc2)[C@@]2(C(=O)C3CCCCC3)C(=O)CC(C)(C)C21. The van der Waals surface area contributed by atoms with E-state index in [-0.39, 0.29) is 23.9 Å². The lowest BCUT2D eigenvalue weighted by molar-refractivity contribution is -0.154. The van der Waals surface area contributed by atoms with Gasteiger partial charge in [-0.05, 0) is 29.4 Å². The molecule has 0 aromatic heterocycles. The van der Waals surface area contributed by atoms with Crippen LogP contribution in [-0.4, -0.2) is 30.2 Å². The van der Waals surface area contributed by atoms with Gasteiger partial charge in [0.2, 0.25) is 0 Å². The molecule has 2 saturated carbocycles. The van der Waals surface area contributed by atoms with Crippen molar-refractivity contribution >= 4 is 17.5 Å². The first-order chi connectivity index (χ1) is 17.3. The number of esters is 1. The van der Waals surface area contributed by atoms with Crippen molar-refractivity contribution in [1.29, 1.82) is 0 Å². The van der Waals surface area contributed by atoms with E-state index >= 15 is 0 Å². The molecule has 4 atom stereocenters. The molecule has 36 heavy (non-hydrogen) atoms. The zero-order valence-electron chi connectivity index (χ0n) is 21.6. The number of fused-ring (bicyclic) bond motifs is 1. The van der Waals surface area contributed by atoms with Gasteiger partial charge in [-0.25, -0.2) is 0 Å². The maximum absolute atomic E-state index is 14.7. The van der Waals surface area contributed by atoms with Crippen LogP contribution in [0.5, 0.6) is 0 Å². The number of methoxy groups -OCH3 is 1. The van der Waals surface area contributed by atoms with Crippen molar-refractivity contribution < 1.29 is 19.1 Å². The first-order valence-corrected chi connectivity index (χ1v) is 13.3. The van der Waals surface area contributed by atoms with E-state index in [0.29, 0.717) is 6.42 Å². The Morgan fingerprint density at radius 1 is 0.944 bits per heavy atom. The van der Waals surface area contributed by atoms with Gasteiger partial charge in [0.25, 0.3) is 0 Å². The normalized spacial score (nSPS) is 31.7. The van der Waals surface area contributed by atoms with Crippen LogP contribution in [0.2, 0.25) is 0 Å². The predicted octanol–water partition coefficient (Wildman–Crippen LogP) is 5.24. The van der Waals surface area contributed by atoms with Crippen molar-refractivity contribution in [1.82, 2.24) is 5.32 Å². The molecular weight excluding hydrogens is 450 g/mol. The zero-order valence-corrected chi connectivity index (χ0v) is 21.6. The fourth-order valence-electron chi connectivity index (χ4n) is 7.90. The van der Waals surface area contributed by atoms with Gasteiger partial charge in [-0.1, -0.05) is 93.8 Å². The van der Waals surface area contributed by atoms with Gasteiger partial charge in [-0.15, -0.1) is 0 Å². The van der Waals surface area contributed by atoms with Crippen LogP contribution in [0.3, 0.4) is 0 Å². The average Bonchev–Trinajstić information content (AvgIpc) is 3.34. The fraction of sp³-hybridized carbons (Fsp3) is 0.516. The molecule has 1 heterocycles. The zero-order chi connectivity index (χ0) is 25.6. The van der Waals surface area contributed by atoms with Gasteiger partial charge >= 0.3 is 5.97 Å². The lowest BCUT2D eigenvalue weighted by atomic mass is 9.57. The van der Waals surface area contributed by atoms with E-state index < -0.39 is 34.3 Å². The van der Waals surface area contributed by atoms with E-state index in [1.807, 2.05) is 74.5 Å². The largest absolute Gasteiger partial charge is 0.468 e. The van der Waals surface area contributed by atoms with Gasteiger partial charge < -0.3 is 4.74 Å². The quantitative estimate of drug-likeness (QED) is 0.446. The van der Waals surface area contributed by atoms with Gasteiger partial charge in [-0.3, -0.25) is 19.7 Å². The monoisotopic (exact) mass is 487 g/mol. The van der Waals surface area contributed by atoms with Gasteiger partial charge in [0.1, 0.15) is 16.7 Å². The summed E-state index contributed by atoms with van der Waals surface area (Å²) in [6.07, 6.45) is 5.38. The van der Waals surface area contributed by atoms with Gasteiger partial charge in [-0.2, -0.15) is 0 Å². The third kappa shape index (κ3) is 3.66. The molecule has 5 nitrogen and oxygen atoms in total. The molecule has 0 bridgehead atoms. The molecule has 2 aromatic rings. The molecule has 5 rings (SSSR count). The number of benzene rings is 2. The first kappa shape index (κ1) is 24.9. The van der Waals surface area contributed by atoms with Crippen LogP contribution in [0.15, 0.2) is 60.7 Å². The second-order valence-corrected chi connectivity index (χ2v) is 11.7. The highest BCUT2D eigenvalue weighted by Gasteiger charge is 2.78. The minimum atomic E-state index is -1.31. The average molecular weight is 488 g/mol. The van der Waals surface area contributed by atoms with Crippen molar-refractivity contribution in [3.8, 4) is 0 Å². The summed E-state index contributed by atoms with van der Waals surface area (Å²) in [5.74, 6) is -1.09. The van der Waals surface area contributed by atoms with Crippen molar-refractivity contribution in [2.24, 2.45) is 22.7 Å². The summed E-state index contributed by atoms with van der Waals surface area (Å²) in [4.78, 5) is 42.9. The van der Waals surface area contributed by atoms with E-state index in [4.69, 9.17) is 4.74 Å². The Hall–Kier alpha value is -2.79. The molecule has 3 fully saturated rings. The summed E-state index contributed by atoms with van der Waals surface area (Å²) in [6.45, 7) is 4.09. The molecule has 1 N–H and O–H groups in total. The van der Waals surface area contributed by atoms with E-state index in [0.717, 1.165) is 43.2 Å². The Balaban J connectivity index is 1.76. The minimum absolute atomic E-state index is 0.0305. The molecule has 1 unspecified atom stereocenters. The number of ether oxygens (including phenoxy) is 1. The summed E-state index contributed by atoms with van der Waals surface area (Å²) >= 11 is 0. The van der Waals surface area contributed by atoms with E-state index in [2.05, 4.69) is 5.32 Å². The number of carbonyl (C=O) groups is 3. The van der Waals surface area contributed by atoms with Gasteiger partial charge in [0.05, 0.1) is 13.2 Å². The summed E-state index contributed by atoms with van der Waals surface area (Å²) in [6, 6.07) is 19.0. The number of rotatable bonds is 6. The number of hydrogen-bond acceptors (Lipinski definition) is 5. The lowest BCUT2D eigenvalue weighted by Gasteiger charge is -2.43. The maximum atomic E-state index is 14.7. The third-order valence-corrected chi connectivity index (χ3v) is 9.06. The van der Waals surface area contributed by atoms with E-state index in [1.54, 1.807) is 0 Å². The van der Waals surface area contributed by atoms with Crippen LogP contribution < -0.4 is 5.32 Å². The first-order valence-electron chi connectivity index (χ1n) is 13.3. The van der Waals surface area contributed by atoms with Crippen LogP contribution >= 0.6 is 0 Å². The molecule has 0 radical (unpaired) electrons. The standard InChI is InChI=1S/C31H37NO4/c1-29(2)20-24(33)31(26(34)23-17-11-6-12-18-23)25(22-15-9-5-10-16-22)32-30(27(29)31,28(35)36-3)19-21-13-7-4-8-14-21/h4-5,7-10,13-16,23,25,27,32H,6,11-12,17-20H2,1-3H3/t25-,27?,30-,31+/m0/s1. The highest BCUT2D eigenvalue weighted by atomic mass is 16.5. The second kappa shape index (κ2) is 9.26. The summed E-state index contributed by atoms with van der Waals surface area (Å²) in [5.41, 5.74) is -1.25. The molecule has 1 saturated heterocycles. The summed E-state index contributed by atoms with van der Waals surface area (Å²) in [5, 5.41) is 3.65. The molecule has 2 aromatic carbocycles. The highest BCUT2D eigenvalue weighted by molar-refractivity contribution is 6.13. The van der Waals surface area contributed by atoms with Crippen molar-refractivity contribution in [3.63, 3.8) is 0 Å². The topological polar surface area (TPSA) is 72.5 Å². The molecule has 0 spiro atoms. The number of hydrogen-bond donors (Lipinski definition) is 1. The van der Waals surface area contributed by atoms with Crippen LogP contribution in [0.4, 0.5) is 0 Å². The molecule has 5 heteroatoms. The number of Topliss-reactive ketones (excluding diaryl/α,β-unsaturated/α-hetero) is 2. The Morgan fingerprint density at radius 3 is 2.17 bits per heavy atom. The fourth-order valence-corrected chi connectivity index (χ4v) is 7.90. The number of ketones is 2. The third-order valence-electron chi connectivity index (χ3n) is 9.06. The van der Waals surface area contributed by atoms with Gasteiger partial charge in [0, 0.05) is 24.7 Å². The summed E-state index contributed by atoms with van der Waals surface area (Å²) in [7, 11) is 1.40. The van der Waals surface area contributed by atoms with Crippen molar-refractivity contribution in [3.05, 3.63) is 71.8 Å². The predicted molar refractivity (Wildman–Crippen MR) is 138 cm³/mol. The Morgan fingerprint density at radius 2 is 1.56 bits per heavy atom. The second-order valence-electron chi connectivity index (χ2n) is 11.7. The van der Waals surface area contributed by atoms with Crippen LogP contribution in [0.25, 0.3) is 0 Å². The number of nitrogens with one attached hydrogen (secondary N) is 1. The van der Waals surface area contributed by atoms with Gasteiger partial charge in [0.15, 0.2) is 5.78 Å². The number of carbonyl (C=O) groups excluding carboxylic acids is 3. The maximum Gasteiger partial charge on any atom is 0.326 e. The highest BCUT2D eigenvalue weighted by Crippen LogP contribution is 2.67. The lowest BCUT2D eigenvalue weighted by Crippen LogP contribution is -2.59.